The predicted octanol–water partition coefficient (Wildman–Crippen LogP) is 4.42. The number of hydrogen-bond donors (Lipinski definition) is 1. The molecule has 2 fully saturated rings. The quantitative estimate of drug-likeness (QED) is 0.612. The highest BCUT2D eigenvalue weighted by Crippen LogP contribution is 2.43. The van der Waals surface area contributed by atoms with Crippen LogP contribution in [0.2, 0.25) is 0 Å². The van der Waals surface area contributed by atoms with E-state index in [1.54, 1.807) is 0 Å². The molecule has 1 atom stereocenters. The topological polar surface area (TPSA) is 43.8 Å². The number of benzene rings is 2. The summed E-state index contributed by atoms with van der Waals surface area (Å²) < 4.78 is 0. The minimum Gasteiger partial charge on any atom is -0.377 e. The molecule has 0 spiro atoms. The number of Topliss-reactive ketones (excluding diaryl/α,β-unsaturated/α-hetero) is 1. The van der Waals surface area contributed by atoms with E-state index in [0.29, 0.717) is 6.54 Å². The molecule has 1 heterocycles. The van der Waals surface area contributed by atoms with E-state index in [2.05, 4.69) is 46.2 Å². The minimum atomic E-state index is -1.34. The molecule has 1 saturated heterocycles. The van der Waals surface area contributed by atoms with Crippen molar-refractivity contribution >= 4 is 36.7 Å². The highest BCUT2D eigenvalue weighted by molar-refractivity contribution is 5.90. The Kier molecular flexibility index (Phi) is 10.4. The van der Waals surface area contributed by atoms with Crippen LogP contribution in [0, 0.1) is 5.92 Å². The van der Waals surface area contributed by atoms with Gasteiger partial charge in [0, 0.05) is 32.7 Å². The van der Waals surface area contributed by atoms with Crippen molar-refractivity contribution in [1.29, 1.82) is 0 Å². The van der Waals surface area contributed by atoms with Gasteiger partial charge in [-0.2, -0.15) is 0 Å². The molecule has 2 aliphatic rings. The smallest absolute Gasteiger partial charge is 0.183 e. The number of rotatable bonds is 8. The molecule has 0 amide bonds. The first kappa shape index (κ1) is 26.6. The molecule has 32 heavy (non-hydrogen) atoms. The van der Waals surface area contributed by atoms with E-state index in [4.69, 9.17) is 0 Å². The second kappa shape index (κ2) is 12.5. The fraction of sp³-hybridized carbons (Fsp3) is 0.423. The van der Waals surface area contributed by atoms with Gasteiger partial charge in [0.2, 0.25) is 0 Å². The molecule has 4 rings (SSSR count). The van der Waals surface area contributed by atoms with Crippen LogP contribution in [-0.4, -0.2) is 60.0 Å². The Morgan fingerprint density at radius 2 is 1.47 bits per heavy atom. The average molecular weight is 477 g/mol. The Labute approximate surface area is 204 Å². The zero-order chi connectivity index (χ0) is 20.8. The highest BCUT2D eigenvalue weighted by Gasteiger charge is 2.47. The van der Waals surface area contributed by atoms with Crippen molar-refractivity contribution in [1.82, 2.24) is 9.80 Å². The van der Waals surface area contributed by atoms with Gasteiger partial charge >= 0.3 is 0 Å². The number of hydrogen-bond acceptors (Lipinski definition) is 4. The Balaban J connectivity index is 0.00000181. The van der Waals surface area contributed by atoms with Crippen molar-refractivity contribution in [2.45, 2.75) is 24.9 Å². The van der Waals surface area contributed by atoms with Gasteiger partial charge in [-0.15, -0.1) is 24.8 Å². The lowest BCUT2D eigenvalue weighted by Crippen LogP contribution is -2.53. The third kappa shape index (κ3) is 6.21. The number of carbonyl (C=O) groups excluding carboxylic acids is 1. The number of halogens is 2. The molecule has 1 aliphatic heterocycles. The van der Waals surface area contributed by atoms with Crippen LogP contribution in [0.1, 0.15) is 30.4 Å². The molecular formula is C26H34Cl2N2O2. The Bertz CT molecular complexity index is 851. The van der Waals surface area contributed by atoms with E-state index in [0.717, 1.165) is 57.5 Å². The molecule has 0 radical (unpaired) electrons. The fourth-order valence-electron chi connectivity index (χ4n) is 4.50. The van der Waals surface area contributed by atoms with Crippen LogP contribution >= 0.6 is 24.8 Å². The fourth-order valence-corrected chi connectivity index (χ4v) is 4.50. The minimum absolute atomic E-state index is 0. The maximum absolute atomic E-state index is 13.3. The van der Waals surface area contributed by atoms with E-state index >= 15 is 0 Å². The molecular weight excluding hydrogens is 443 g/mol. The zero-order valence-corrected chi connectivity index (χ0v) is 20.1. The summed E-state index contributed by atoms with van der Waals surface area (Å²) in [5.74, 6) is 0.00707. The van der Waals surface area contributed by atoms with Gasteiger partial charge in [0.1, 0.15) is 0 Å². The Morgan fingerprint density at radius 1 is 0.906 bits per heavy atom. The summed E-state index contributed by atoms with van der Waals surface area (Å²) in [7, 11) is 0. The summed E-state index contributed by atoms with van der Waals surface area (Å²) in [5.41, 5.74) is 0.636. The normalized spacial score (nSPS) is 19.4. The zero-order valence-electron chi connectivity index (χ0n) is 18.4. The number of ketones is 1. The van der Waals surface area contributed by atoms with Crippen LogP contribution in [0.25, 0.3) is 6.08 Å². The summed E-state index contributed by atoms with van der Waals surface area (Å²) in [5, 5.41) is 11.5. The van der Waals surface area contributed by atoms with Crippen LogP contribution in [0.4, 0.5) is 0 Å². The third-order valence-corrected chi connectivity index (χ3v) is 6.64. The summed E-state index contributed by atoms with van der Waals surface area (Å²) in [4.78, 5) is 17.9. The molecule has 0 aromatic heterocycles. The number of piperazine rings is 1. The van der Waals surface area contributed by atoms with Crippen LogP contribution in [0.5, 0.6) is 0 Å². The molecule has 174 valence electrons. The van der Waals surface area contributed by atoms with Gasteiger partial charge in [0.25, 0.3) is 0 Å². The first-order chi connectivity index (χ1) is 14.7. The van der Waals surface area contributed by atoms with Crippen LogP contribution in [0.15, 0.2) is 66.7 Å². The lowest BCUT2D eigenvalue weighted by Gasteiger charge is -2.42. The maximum atomic E-state index is 13.3. The third-order valence-electron chi connectivity index (χ3n) is 6.64. The monoisotopic (exact) mass is 476 g/mol. The van der Waals surface area contributed by atoms with Gasteiger partial charge < -0.3 is 5.11 Å². The largest absolute Gasteiger partial charge is 0.377 e. The first-order valence-corrected chi connectivity index (χ1v) is 11.1. The standard InChI is InChI=1S/C26H32N2O2.2ClH/c29-25(26(30,24-14-7-15-24)23-12-5-2-6-13-23)21-28-19-17-27(18-20-28)16-8-11-22-9-3-1-4-10-22;;/h1-6,8-13,24,30H,7,14-21H2;2*1H/b11-8+;;. The summed E-state index contributed by atoms with van der Waals surface area (Å²) in [6.07, 6.45) is 7.33. The van der Waals surface area contributed by atoms with E-state index in [1.807, 2.05) is 36.4 Å². The predicted molar refractivity (Wildman–Crippen MR) is 136 cm³/mol. The van der Waals surface area contributed by atoms with Gasteiger partial charge in [-0.25, -0.2) is 0 Å². The molecule has 1 unspecified atom stereocenters. The van der Waals surface area contributed by atoms with Gasteiger partial charge in [-0.3, -0.25) is 14.6 Å². The van der Waals surface area contributed by atoms with E-state index < -0.39 is 5.60 Å². The highest BCUT2D eigenvalue weighted by atomic mass is 35.5. The number of carbonyl (C=O) groups is 1. The van der Waals surface area contributed by atoms with Crippen molar-refractivity contribution in [3.05, 3.63) is 77.9 Å². The van der Waals surface area contributed by atoms with Crippen LogP contribution in [-0.2, 0) is 10.4 Å². The lowest BCUT2D eigenvalue weighted by molar-refractivity contribution is -0.151. The van der Waals surface area contributed by atoms with Crippen molar-refractivity contribution in [2.24, 2.45) is 5.92 Å². The van der Waals surface area contributed by atoms with Crippen molar-refractivity contribution in [2.75, 3.05) is 39.3 Å². The molecule has 4 nitrogen and oxygen atoms in total. The van der Waals surface area contributed by atoms with Gasteiger partial charge in [-0.1, -0.05) is 79.2 Å². The van der Waals surface area contributed by atoms with Gasteiger partial charge in [0.15, 0.2) is 11.4 Å². The van der Waals surface area contributed by atoms with Gasteiger partial charge in [-0.05, 0) is 29.9 Å². The second-order valence-electron chi connectivity index (χ2n) is 8.57. The lowest BCUT2D eigenvalue weighted by atomic mass is 9.67. The molecule has 1 aliphatic carbocycles. The molecule has 6 heteroatoms. The van der Waals surface area contributed by atoms with Crippen LogP contribution < -0.4 is 0 Å². The van der Waals surface area contributed by atoms with E-state index in [-0.39, 0.29) is 36.5 Å². The van der Waals surface area contributed by atoms with E-state index in [9.17, 15) is 9.90 Å². The Morgan fingerprint density at radius 3 is 2.03 bits per heavy atom. The SMILES string of the molecule is Cl.Cl.O=C(CN1CCN(C/C=C/c2ccccc2)CC1)C(O)(c1ccccc1)C1CCC1. The number of nitrogens with zero attached hydrogens (tertiary/aromatic N) is 2. The second-order valence-corrected chi connectivity index (χ2v) is 8.57. The summed E-state index contributed by atoms with van der Waals surface area (Å²) in [6.45, 7) is 4.86. The maximum Gasteiger partial charge on any atom is 0.183 e. The first-order valence-electron chi connectivity index (χ1n) is 11.1. The van der Waals surface area contributed by atoms with Crippen molar-refractivity contribution in [3.8, 4) is 0 Å². The molecule has 2 aromatic carbocycles. The number of aliphatic hydroxyl groups is 1. The average Bonchev–Trinajstić information content (AvgIpc) is 2.75. The molecule has 1 N–H and O–H groups in total. The Hall–Kier alpha value is -1.69. The molecule has 1 saturated carbocycles. The molecule has 2 aromatic rings. The summed E-state index contributed by atoms with van der Waals surface area (Å²) in [6, 6.07) is 19.9. The summed E-state index contributed by atoms with van der Waals surface area (Å²) >= 11 is 0. The van der Waals surface area contributed by atoms with Gasteiger partial charge in [0.05, 0.1) is 6.54 Å². The van der Waals surface area contributed by atoms with Crippen molar-refractivity contribution in [3.63, 3.8) is 0 Å². The molecule has 0 bridgehead atoms. The van der Waals surface area contributed by atoms with Crippen molar-refractivity contribution < 1.29 is 9.90 Å². The van der Waals surface area contributed by atoms with Crippen LogP contribution in [0.3, 0.4) is 0 Å². The van der Waals surface area contributed by atoms with E-state index in [1.165, 1.54) is 5.56 Å².